The standard InChI is InChI=1S/C16H21F3N2O2/c17-16(18,19)11-23-14-7-2-1-5-12(14)10-21-8-4-3-6-13(21)9-15(20)22/h1-2,5,7,13H,3-4,6,8-11H2,(H2,20,22). The van der Waals surface area contributed by atoms with E-state index in [9.17, 15) is 18.0 Å². The van der Waals surface area contributed by atoms with Crippen molar-refractivity contribution < 1.29 is 22.7 Å². The van der Waals surface area contributed by atoms with E-state index >= 15 is 0 Å². The highest BCUT2D eigenvalue weighted by Crippen LogP contribution is 2.27. The van der Waals surface area contributed by atoms with Gasteiger partial charge in [0.1, 0.15) is 5.75 Å². The number of primary amides is 1. The van der Waals surface area contributed by atoms with Crippen LogP contribution in [-0.4, -0.2) is 36.2 Å². The van der Waals surface area contributed by atoms with Crippen molar-refractivity contribution in [2.45, 2.75) is 44.4 Å². The molecule has 2 rings (SSSR count). The fourth-order valence-corrected chi connectivity index (χ4v) is 2.89. The molecule has 7 heteroatoms. The molecule has 4 nitrogen and oxygen atoms in total. The number of benzene rings is 1. The van der Waals surface area contributed by atoms with Crippen LogP contribution in [0.5, 0.6) is 5.75 Å². The second kappa shape index (κ2) is 7.68. The van der Waals surface area contributed by atoms with Crippen LogP contribution >= 0.6 is 0 Å². The molecule has 0 aliphatic carbocycles. The second-order valence-corrected chi connectivity index (χ2v) is 5.80. The lowest BCUT2D eigenvalue weighted by atomic mass is 9.98. The fraction of sp³-hybridized carbons (Fsp3) is 0.562. The SMILES string of the molecule is NC(=O)CC1CCCCN1Cc1ccccc1OCC(F)(F)F. The first kappa shape index (κ1) is 17.6. The van der Waals surface area contributed by atoms with Gasteiger partial charge in [-0.05, 0) is 25.5 Å². The lowest BCUT2D eigenvalue weighted by Gasteiger charge is -2.35. The van der Waals surface area contributed by atoms with Gasteiger partial charge in [-0.25, -0.2) is 0 Å². The fourth-order valence-electron chi connectivity index (χ4n) is 2.89. The van der Waals surface area contributed by atoms with Crippen LogP contribution in [0.1, 0.15) is 31.2 Å². The monoisotopic (exact) mass is 330 g/mol. The first-order chi connectivity index (χ1) is 10.8. The number of rotatable bonds is 6. The first-order valence-corrected chi connectivity index (χ1v) is 7.65. The molecular weight excluding hydrogens is 309 g/mol. The van der Waals surface area contributed by atoms with Gasteiger partial charge in [-0.2, -0.15) is 13.2 Å². The van der Waals surface area contributed by atoms with Crippen molar-refractivity contribution >= 4 is 5.91 Å². The van der Waals surface area contributed by atoms with E-state index in [0.29, 0.717) is 12.1 Å². The van der Waals surface area contributed by atoms with Gasteiger partial charge >= 0.3 is 6.18 Å². The molecule has 23 heavy (non-hydrogen) atoms. The van der Waals surface area contributed by atoms with Gasteiger partial charge in [0.25, 0.3) is 0 Å². The molecule has 2 N–H and O–H groups in total. The van der Waals surface area contributed by atoms with Gasteiger partial charge in [0, 0.05) is 24.6 Å². The van der Waals surface area contributed by atoms with E-state index in [1.54, 1.807) is 18.2 Å². The first-order valence-electron chi connectivity index (χ1n) is 7.65. The summed E-state index contributed by atoms with van der Waals surface area (Å²) in [5.41, 5.74) is 5.98. The van der Waals surface area contributed by atoms with Gasteiger partial charge in [-0.3, -0.25) is 9.69 Å². The molecule has 1 fully saturated rings. The maximum Gasteiger partial charge on any atom is 0.422 e. The molecule has 1 amide bonds. The van der Waals surface area contributed by atoms with Crippen LogP contribution in [0.15, 0.2) is 24.3 Å². The quantitative estimate of drug-likeness (QED) is 0.872. The number of nitrogens with two attached hydrogens (primary N) is 1. The Bertz CT molecular complexity index is 534. The molecule has 1 unspecified atom stereocenters. The number of ether oxygens (including phenoxy) is 1. The summed E-state index contributed by atoms with van der Waals surface area (Å²) < 4.78 is 42.0. The van der Waals surface area contributed by atoms with Crippen molar-refractivity contribution in [3.05, 3.63) is 29.8 Å². The summed E-state index contributed by atoms with van der Waals surface area (Å²) in [5.74, 6) is -0.128. The summed E-state index contributed by atoms with van der Waals surface area (Å²) in [6, 6.07) is 6.74. The normalized spacial score (nSPS) is 19.5. The van der Waals surface area contributed by atoms with E-state index in [2.05, 4.69) is 4.90 Å². The molecule has 0 saturated carbocycles. The molecule has 0 radical (unpaired) electrons. The Labute approximate surface area is 133 Å². The van der Waals surface area contributed by atoms with Crippen molar-refractivity contribution in [2.75, 3.05) is 13.2 Å². The summed E-state index contributed by atoms with van der Waals surface area (Å²) in [6.45, 7) is -0.0632. The molecule has 0 bridgehead atoms. The number of amides is 1. The van der Waals surface area contributed by atoms with Gasteiger partial charge < -0.3 is 10.5 Å². The van der Waals surface area contributed by atoms with E-state index < -0.39 is 12.8 Å². The molecule has 1 atom stereocenters. The Hall–Kier alpha value is -1.76. The van der Waals surface area contributed by atoms with Crippen LogP contribution in [0.2, 0.25) is 0 Å². The van der Waals surface area contributed by atoms with E-state index in [1.165, 1.54) is 6.07 Å². The molecule has 0 aromatic heterocycles. The van der Waals surface area contributed by atoms with Crippen LogP contribution in [-0.2, 0) is 11.3 Å². The summed E-state index contributed by atoms with van der Waals surface area (Å²) in [5, 5.41) is 0. The zero-order valence-corrected chi connectivity index (χ0v) is 12.8. The Morgan fingerprint density at radius 3 is 2.74 bits per heavy atom. The smallest absolute Gasteiger partial charge is 0.422 e. The number of halogens is 3. The van der Waals surface area contributed by atoms with Gasteiger partial charge in [0.2, 0.25) is 5.91 Å². The summed E-state index contributed by atoms with van der Waals surface area (Å²) >= 11 is 0. The average Bonchev–Trinajstić information content (AvgIpc) is 2.47. The largest absolute Gasteiger partial charge is 0.484 e. The topological polar surface area (TPSA) is 55.6 Å². The molecule has 1 aliphatic rings. The molecule has 1 aliphatic heterocycles. The van der Waals surface area contributed by atoms with E-state index in [1.807, 2.05) is 0 Å². The molecule has 128 valence electrons. The third-order valence-electron chi connectivity index (χ3n) is 3.92. The molecule has 1 saturated heterocycles. The molecule has 1 aromatic carbocycles. The number of para-hydroxylation sites is 1. The van der Waals surface area contributed by atoms with E-state index in [-0.39, 0.29) is 24.1 Å². The maximum absolute atomic E-state index is 12.4. The number of piperidine rings is 1. The second-order valence-electron chi connectivity index (χ2n) is 5.80. The summed E-state index contributed by atoms with van der Waals surface area (Å²) in [7, 11) is 0. The van der Waals surface area contributed by atoms with E-state index in [4.69, 9.17) is 10.5 Å². The predicted molar refractivity (Wildman–Crippen MR) is 79.9 cm³/mol. The van der Waals surface area contributed by atoms with Crippen LogP contribution in [0.4, 0.5) is 13.2 Å². The minimum absolute atomic E-state index is 0.0388. The van der Waals surface area contributed by atoms with Crippen LogP contribution in [0.3, 0.4) is 0 Å². The van der Waals surface area contributed by atoms with Gasteiger partial charge in [-0.15, -0.1) is 0 Å². The van der Waals surface area contributed by atoms with Crippen LogP contribution in [0.25, 0.3) is 0 Å². The third-order valence-corrected chi connectivity index (χ3v) is 3.92. The predicted octanol–water partition coefficient (Wildman–Crippen LogP) is 2.86. The number of likely N-dealkylation sites (tertiary alicyclic amines) is 1. The Morgan fingerprint density at radius 2 is 2.04 bits per heavy atom. The highest BCUT2D eigenvalue weighted by atomic mass is 19.4. The Kier molecular flexibility index (Phi) is 5.87. The lowest BCUT2D eigenvalue weighted by molar-refractivity contribution is -0.153. The molecule has 1 heterocycles. The van der Waals surface area contributed by atoms with Crippen molar-refractivity contribution in [2.24, 2.45) is 5.73 Å². The van der Waals surface area contributed by atoms with Crippen molar-refractivity contribution in [1.29, 1.82) is 0 Å². The molecular formula is C16H21F3N2O2. The number of carbonyl (C=O) groups is 1. The summed E-state index contributed by atoms with van der Waals surface area (Å²) in [6.07, 6.45) is -1.20. The minimum atomic E-state index is -4.37. The van der Waals surface area contributed by atoms with Crippen LogP contribution < -0.4 is 10.5 Å². The number of nitrogens with zero attached hydrogens (tertiary/aromatic N) is 1. The van der Waals surface area contributed by atoms with Gasteiger partial charge in [0.05, 0.1) is 0 Å². The van der Waals surface area contributed by atoms with Gasteiger partial charge in [0.15, 0.2) is 6.61 Å². The zero-order chi connectivity index (χ0) is 16.9. The van der Waals surface area contributed by atoms with Crippen molar-refractivity contribution in [3.63, 3.8) is 0 Å². The number of alkyl halides is 3. The highest BCUT2D eigenvalue weighted by Gasteiger charge is 2.29. The van der Waals surface area contributed by atoms with Crippen molar-refractivity contribution in [3.8, 4) is 5.75 Å². The van der Waals surface area contributed by atoms with Crippen LogP contribution in [0, 0.1) is 0 Å². The number of hydrogen-bond donors (Lipinski definition) is 1. The molecule has 0 spiro atoms. The third kappa shape index (κ3) is 5.74. The zero-order valence-electron chi connectivity index (χ0n) is 12.8. The van der Waals surface area contributed by atoms with Gasteiger partial charge in [-0.1, -0.05) is 24.6 Å². The van der Waals surface area contributed by atoms with E-state index in [0.717, 1.165) is 25.8 Å². The average molecular weight is 330 g/mol. The lowest BCUT2D eigenvalue weighted by Crippen LogP contribution is -2.41. The molecule has 1 aromatic rings. The highest BCUT2D eigenvalue weighted by molar-refractivity contribution is 5.74. The number of carbonyl (C=O) groups excluding carboxylic acids is 1. The summed E-state index contributed by atoms with van der Waals surface area (Å²) in [4.78, 5) is 13.3. The maximum atomic E-state index is 12.4. The Morgan fingerprint density at radius 1 is 1.30 bits per heavy atom. The number of hydrogen-bond acceptors (Lipinski definition) is 3. The Balaban J connectivity index is 2.07. The minimum Gasteiger partial charge on any atom is -0.484 e. The van der Waals surface area contributed by atoms with Crippen molar-refractivity contribution in [1.82, 2.24) is 4.90 Å².